The molecule has 2 aliphatic rings. The Hall–Kier alpha value is 1.21. The van der Waals surface area contributed by atoms with E-state index in [4.69, 9.17) is 34.7 Å². The number of nitrogens with zero attached hydrogens (tertiary/aromatic N) is 2. The van der Waals surface area contributed by atoms with Crippen LogP contribution in [0.1, 0.15) is 0 Å². The first kappa shape index (κ1) is 20.2. The average molecular weight is 385 g/mol. The summed E-state index contributed by atoms with van der Waals surface area (Å²) in [4.78, 5) is 4.06. The summed E-state index contributed by atoms with van der Waals surface area (Å²) < 4.78 is 11.6. The van der Waals surface area contributed by atoms with Crippen molar-refractivity contribution in [1.82, 2.24) is 9.80 Å². The van der Waals surface area contributed by atoms with Crippen LogP contribution in [0.3, 0.4) is 0 Å². The van der Waals surface area contributed by atoms with Gasteiger partial charge in [0.2, 0.25) is 0 Å². The zero-order valence-electron chi connectivity index (χ0n) is 10.4. The van der Waals surface area contributed by atoms with E-state index in [1.807, 2.05) is 9.80 Å². The maximum atomic E-state index is 5.11. The standard InChI is InChI=1S/2C5H9NOS2.Ni/c2*8-5(9)6-1-3-7-4-2-6;/h2*1-4H2,(H,8,9);/q;;+2. The SMILES string of the molecule is [Ni+2].[S-]C(=[SH+])N1CCOCC1.[S-]C(=[SH+])N1CCOCC1. The Balaban J connectivity index is 0.000000324. The molecule has 0 amide bonds. The summed E-state index contributed by atoms with van der Waals surface area (Å²) in [7, 11) is 0. The van der Waals surface area contributed by atoms with Crippen LogP contribution in [0.2, 0.25) is 0 Å². The zero-order chi connectivity index (χ0) is 13.4. The molecule has 0 N–H and O–H groups in total. The first-order valence-electron chi connectivity index (χ1n) is 5.72. The van der Waals surface area contributed by atoms with Gasteiger partial charge in [-0.2, -0.15) is 0 Å². The van der Waals surface area contributed by atoms with Crippen LogP contribution in [0.5, 0.6) is 0 Å². The molecule has 0 radical (unpaired) electrons. The topological polar surface area (TPSA) is 24.9 Å². The second-order valence-corrected chi connectivity index (χ2v) is 5.99. The number of hydrogen-bond acceptors (Lipinski definition) is 4. The molecular formula is C10H18N2NiO2S4+2. The number of hydrogen-bond donors (Lipinski definition) is 0. The molecule has 2 aliphatic heterocycles. The van der Waals surface area contributed by atoms with Gasteiger partial charge in [0.1, 0.15) is 33.1 Å². The molecule has 0 atom stereocenters. The molecule has 2 rings (SSSR count). The van der Waals surface area contributed by atoms with E-state index in [0.717, 1.165) is 52.6 Å². The summed E-state index contributed by atoms with van der Waals surface area (Å²) in [6.45, 7) is 6.68. The van der Waals surface area contributed by atoms with Gasteiger partial charge in [-0.3, -0.25) is 0 Å². The molecule has 9 heteroatoms. The summed E-state index contributed by atoms with van der Waals surface area (Å²) in [5, 5.41) is 0. The van der Waals surface area contributed by atoms with Crippen molar-refractivity contribution in [1.29, 1.82) is 0 Å². The van der Waals surface area contributed by atoms with Crippen LogP contribution in [0.15, 0.2) is 0 Å². The molecule has 0 saturated carbocycles. The molecule has 0 aliphatic carbocycles. The van der Waals surface area contributed by atoms with E-state index in [1.165, 1.54) is 0 Å². The van der Waals surface area contributed by atoms with E-state index in [0.29, 0.717) is 8.64 Å². The van der Waals surface area contributed by atoms with Crippen LogP contribution in [0, 0.1) is 0 Å². The van der Waals surface area contributed by atoms with E-state index >= 15 is 0 Å². The number of rotatable bonds is 0. The third kappa shape index (κ3) is 8.96. The summed E-state index contributed by atoms with van der Waals surface area (Å²) >= 11 is 17.8. The van der Waals surface area contributed by atoms with Crippen LogP contribution >= 0.6 is 0 Å². The van der Waals surface area contributed by atoms with Crippen LogP contribution in [0.4, 0.5) is 0 Å². The van der Waals surface area contributed by atoms with Crippen molar-refractivity contribution >= 4 is 58.3 Å². The molecule has 0 bridgehead atoms. The Bertz CT molecular complexity index is 257. The van der Waals surface area contributed by atoms with Crippen molar-refractivity contribution in [3.05, 3.63) is 0 Å². The number of ether oxygens (including phenoxy) is 2. The second kappa shape index (κ2) is 11.8. The Labute approximate surface area is 146 Å². The number of morpholine rings is 2. The van der Waals surface area contributed by atoms with E-state index in [1.54, 1.807) is 0 Å². The molecule has 2 saturated heterocycles. The summed E-state index contributed by atoms with van der Waals surface area (Å²) in [5.74, 6) is 0. The second-order valence-electron chi connectivity index (χ2n) is 3.76. The van der Waals surface area contributed by atoms with Gasteiger partial charge in [0, 0.05) is 26.2 Å². The summed E-state index contributed by atoms with van der Waals surface area (Å²) in [6.07, 6.45) is 0. The van der Waals surface area contributed by atoms with Crippen LogP contribution in [-0.4, -0.2) is 71.0 Å². The van der Waals surface area contributed by atoms with E-state index < -0.39 is 0 Å². The van der Waals surface area contributed by atoms with Gasteiger partial charge in [-0.25, -0.2) is 9.80 Å². The van der Waals surface area contributed by atoms with Gasteiger partial charge < -0.3 is 34.7 Å². The molecule has 2 fully saturated rings. The van der Waals surface area contributed by atoms with E-state index in [-0.39, 0.29) is 16.5 Å². The molecule has 4 nitrogen and oxygen atoms in total. The largest absolute Gasteiger partial charge is 2.00 e. The predicted octanol–water partition coefficient (Wildman–Crippen LogP) is -1.54. The third-order valence-electron chi connectivity index (χ3n) is 2.56. The predicted molar refractivity (Wildman–Crippen MR) is 87.0 cm³/mol. The van der Waals surface area contributed by atoms with E-state index in [2.05, 4.69) is 24.4 Å². The Kier molecular flexibility index (Phi) is 12.6. The maximum Gasteiger partial charge on any atom is 2.00 e. The van der Waals surface area contributed by atoms with Gasteiger partial charge >= 0.3 is 16.5 Å². The normalized spacial score (nSPS) is 20.7. The minimum atomic E-state index is 0. The fraction of sp³-hybridized carbons (Fsp3) is 0.800. The van der Waals surface area contributed by atoms with Crippen LogP contribution < -0.4 is 0 Å². The third-order valence-corrected chi connectivity index (χ3v) is 3.65. The van der Waals surface area contributed by atoms with Crippen molar-refractivity contribution < 1.29 is 26.0 Å². The fourth-order valence-electron chi connectivity index (χ4n) is 1.51. The molecule has 2 heterocycles. The molecule has 0 aromatic heterocycles. The van der Waals surface area contributed by atoms with Crippen molar-refractivity contribution in [2.24, 2.45) is 0 Å². The van der Waals surface area contributed by atoms with Crippen LogP contribution in [-0.2, 0) is 75.7 Å². The molecule has 0 aromatic rings. The molecular weight excluding hydrogens is 367 g/mol. The van der Waals surface area contributed by atoms with Gasteiger partial charge in [0.25, 0.3) is 0 Å². The minimum absolute atomic E-state index is 0. The van der Waals surface area contributed by atoms with Crippen molar-refractivity contribution in [2.45, 2.75) is 0 Å². The van der Waals surface area contributed by atoms with Gasteiger partial charge in [-0.1, -0.05) is 0 Å². The first-order chi connectivity index (χ1) is 8.61. The van der Waals surface area contributed by atoms with Gasteiger partial charge in [-0.15, -0.1) is 0 Å². The van der Waals surface area contributed by atoms with Crippen molar-refractivity contribution in [3.63, 3.8) is 0 Å². The summed E-state index contributed by atoms with van der Waals surface area (Å²) in [6, 6.07) is 0. The fourth-order valence-corrected chi connectivity index (χ4v) is 2.27. The molecule has 0 aromatic carbocycles. The van der Waals surface area contributed by atoms with E-state index in [9.17, 15) is 0 Å². The van der Waals surface area contributed by atoms with Gasteiger partial charge in [0.05, 0.1) is 26.4 Å². The van der Waals surface area contributed by atoms with Gasteiger partial charge in [0.15, 0.2) is 0 Å². The van der Waals surface area contributed by atoms with Crippen molar-refractivity contribution in [3.8, 4) is 0 Å². The Morgan fingerprint density at radius 2 is 1.00 bits per heavy atom. The molecule has 112 valence electrons. The molecule has 0 spiro atoms. The summed E-state index contributed by atoms with van der Waals surface area (Å²) in [5.41, 5.74) is 0. The smallest absolute Gasteiger partial charge is 0.680 e. The van der Waals surface area contributed by atoms with Gasteiger partial charge in [-0.05, 0) is 0 Å². The minimum Gasteiger partial charge on any atom is -0.680 e. The first-order valence-corrected chi connectivity index (χ1v) is 7.43. The van der Waals surface area contributed by atoms with Crippen molar-refractivity contribution in [2.75, 3.05) is 52.6 Å². The maximum absolute atomic E-state index is 5.11. The van der Waals surface area contributed by atoms with Crippen LogP contribution in [0.25, 0.3) is 0 Å². The molecule has 19 heavy (non-hydrogen) atoms. The number of thiol groups is 2. The zero-order valence-corrected chi connectivity index (χ0v) is 14.8. The average Bonchev–Trinajstić information content (AvgIpc) is 2.41. The quantitative estimate of drug-likeness (QED) is 0.165. The monoisotopic (exact) mass is 384 g/mol. The Morgan fingerprint density at radius 1 is 0.737 bits per heavy atom. The molecule has 0 unspecified atom stereocenters. The Morgan fingerprint density at radius 3 is 1.16 bits per heavy atom.